The topological polar surface area (TPSA) is 186 Å². The highest BCUT2D eigenvalue weighted by molar-refractivity contribution is 7.85. The fourth-order valence-corrected chi connectivity index (χ4v) is 5.89. The van der Waals surface area contributed by atoms with E-state index in [9.17, 15) is 37.9 Å². The molecule has 0 aromatic rings. The first-order valence-electron chi connectivity index (χ1n) is 20.8. The van der Waals surface area contributed by atoms with Crippen LogP contribution in [0.5, 0.6) is 0 Å². The second kappa shape index (κ2) is 35.5. The average molecular weight is 857 g/mol. The molecule has 0 aromatic heterocycles. The number of unbranched alkanes of at least 4 members (excludes halogenated alkanes) is 1. The number of allylic oxidation sites excluding steroid dienone is 22. The van der Waals surface area contributed by atoms with Crippen LogP contribution in [0.4, 0.5) is 0 Å². The monoisotopic (exact) mass is 856 g/mol. The molecular formula is C47H68O12S. The Kier molecular flexibility index (Phi) is 31.9. The minimum Gasteiger partial charge on any atom is -0.462 e. The molecular weight excluding hydrogens is 789 g/mol. The summed E-state index contributed by atoms with van der Waals surface area (Å²) in [4.78, 5) is 25.3. The molecule has 0 amide bonds. The third-order valence-corrected chi connectivity index (χ3v) is 9.12. The Morgan fingerprint density at radius 3 is 1.62 bits per heavy atom. The lowest BCUT2D eigenvalue weighted by atomic mass is 10.00. The molecule has 60 heavy (non-hydrogen) atoms. The van der Waals surface area contributed by atoms with Crippen LogP contribution in [0.2, 0.25) is 0 Å². The van der Waals surface area contributed by atoms with Gasteiger partial charge in [-0.3, -0.25) is 14.1 Å². The summed E-state index contributed by atoms with van der Waals surface area (Å²) in [5, 5.41) is 30.8. The third kappa shape index (κ3) is 29.9. The molecule has 1 saturated heterocycles. The second-order valence-electron chi connectivity index (χ2n) is 13.7. The molecule has 3 unspecified atom stereocenters. The van der Waals surface area contributed by atoms with Gasteiger partial charge >= 0.3 is 11.9 Å². The van der Waals surface area contributed by atoms with E-state index in [4.69, 9.17) is 18.9 Å². The van der Waals surface area contributed by atoms with E-state index in [1.165, 1.54) is 0 Å². The summed E-state index contributed by atoms with van der Waals surface area (Å²) >= 11 is 0. The first-order chi connectivity index (χ1) is 29.0. The van der Waals surface area contributed by atoms with Crippen LogP contribution < -0.4 is 0 Å². The van der Waals surface area contributed by atoms with Gasteiger partial charge in [0.25, 0.3) is 10.1 Å². The van der Waals surface area contributed by atoms with Crippen molar-refractivity contribution >= 4 is 22.1 Å². The summed E-state index contributed by atoms with van der Waals surface area (Å²) in [6.07, 6.45) is 42.4. The Bertz CT molecular complexity index is 1610. The van der Waals surface area contributed by atoms with Gasteiger partial charge in [-0.15, -0.1) is 0 Å². The molecule has 0 saturated carbocycles. The van der Waals surface area contributed by atoms with Gasteiger partial charge < -0.3 is 34.3 Å². The van der Waals surface area contributed by atoms with Crippen molar-refractivity contribution in [1.29, 1.82) is 0 Å². The van der Waals surface area contributed by atoms with Crippen molar-refractivity contribution in [2.75, 3.05) is 19.0 Å². The van der Waals surface area contributed by atoms with Crippen molar-refractivity contribution in [3.63, 3.8) is 0 Å². The molecule has 1 rings (SSSR count). The zero-order valence-corrected chi connectivity index (χ0v) is 36.1. The summed E-state index contributed by atoms with van der Waals surface area (Å²) < 4.78 is 53.8. The highest BCUT2D eigenvalue weighted by Crippen LogP contribution is 2.23. The Labute approximate surface area is 358 Å². The molecule has 0 aromatic carbocycles. The summed E-state index contributed by atoms with van der Waals surface area (Å²) in [6, 6.07) is 0. The van der Waals surface area contributed by atoms with Crippen molar-refractivity contribution in [2.24, 2.45) is 0 Å². The van der Waals surface area contributed by atoms with E-state index in [0.29, 0.717) is 25.7 Å². The minimum absolute atomic E-state index is 0.0427. The van der Waals surface area contributed by atoms with Crippen LogP contribution in [0.25, 0.3) is 0 Å². The molecule has 6 atom stereocenters. The lowest BCUT2D eigenvalue weighted by Crippen LogP contribution is -2.60. The van der Waals surface area contributed by atoms with Gasteiger partial charge in [0.05, 0.1) is 6.61 Å². The van der Waals surface area contributed by atoms with Crippen LogP contribution >= 0.6 is 0 Å². The summed E-state index contributed by atoms with van der Waals surface area (Å²) in [5.74, 6) is -2.22. The Hall–Kier alpha value is -4.21. The third-order valence-electron chi connectivity index (χ3n) is 8.37. The van der Waals surface area contributed by atoms with E-state index < -0.39 is 71.2 Å². The first kappa shape index (κ1) is 53.8. The summed E-state index contributed by atoms with van der Waals surface area (Å²) in [7, 11) is -4.63. The van der Waals surface area contributed by atoms with E-state index in [1.54, 1.807) is 0 Å². The molecule has 1 fully saturated rings. The molecule has 1 heterocycles. The number of carbonyl (C=O) groups is 2. The highest BCUT2D eigenvalue weighted by Gasteiger charge is 2.46. The molecule has 0 spiro atoms. The Morgan fingerprint density at radius 2 is 1.08 bits per heavy atom. The summed E-state index contributed by atoms with van der Waals surface area (Å²) in [6.45, 7) is 3.33. The fraction of sp³-hybridized carbons (Fsp3) is 0.489. The van der Waals surface area contributed by atoms with E-state index in [2.05, 4.69) is 74.6 Å². The normalized spacial score (nSPS) is 21.5. The molecule has 1 aliphatic heterocycles. The quantitative estimate of drug-likeness (QED) is 0.0173. The van der Waals surface area contributed by atoms with E-state index in [1.807, 2.05) is 72.9 Å². The van der Waals surface area contributed by atoms with Crippen LogP contribution in [-0.4, -0.2) is 96.0 Å². The maximum absolute atomic E-state index is 12.7. The summed E-state index contributed by atoms with van der Waals surface area (Å²) in [5.41, 5.74) is 0. The lowest BCUT2D eigenvalue weighted by Gasteiger charge is -2.40. The number of hydrogen-bond acceptors (Lipinski definition) is 11. The van der Waals surface area contributed by atoms with Gasteiger partial charge in [-0.1, -0.05) is 148 Å². The molecule has 13 heteroatoms. The zero-order valence-electron chi connectivity index (χ0n) is 35.2. The van der Waals surface area contributed by atoms with E-state index in [0.717, 1.165) is 38.5 Å². The predicted molar refractivity (Wildman–Crippen MR) is 237 cm³/mol. The van der Waals surface area contributed by atoms with Crippen molar-refractivity contribution in [3.8, 4) is 0 Å². The molecule has 0 aliphatic carbocycles. The Balaban J connectivity index is 2.59. The number of rotatable bonds is 31. The minimum atomic E-state index is -4.63. The fourth-order valence-electron chi connectivity index (χ4n) is 5.20. The van der Waals surface area contributed by atoms with Crippen molar-refractivity contribution < 1.29 is 56.8 Å². The van der Waals surface area contributed by atoms with Crippen LogP contribution in [0.15, 0.2) is 134 Å². The number of carbonyl (C=O) groups excluding carboxylic acids is 2. The van der Waals surface area contributed by atoms with Crippen LogP contribution in [0.1, 0.15) is 90.9 Å². The van der Waals surface area contributed by atoms with Gasteiger partial charge in [0.1, 0.15) is 36.8 Å². The van der Waals surface area contributed by atoms with Gasteiger partial charge in [-0.25, -0.2) is 0 Å². The van der Waals surface area contributed by atoms with Crippen LogP contribution in [-0.2, 0) is 38.7 Å². The first-order valence-corrected chi connectivity index (χ1v) is 22.4. The SMILES string of the molecule is CC/C=C/C=C/C=C/C=C/C=C/CCCC(=O)OC(COC(=O)CC/C=C/C/C=C/C/C=C/C/C=C/C/C=C/C/C=C/CC)CO[C@H]1O[C@H](CS(=O)(=O)O)[C@@H](O)C(O)C1O. The average Bonchev–Trinajstić information content (AvgIpc) is 3.21. The lowest BCUT2D eigenvalue weighted by molar-refractivity contribution is -0.297. The van der Waals surface area contributed by atoms with Crippen molar-refractivity contribution in [2.45, 2.75) is 128 Å². The number of ether oxygens (including phenoxy) is 4. The standard InChI is InChI=1S/C47H68O12S/c1-3-5-7-9-11-13-15-17-18-19-20-21-22-24-25-27-29-31-33-35-42(48)56-37-40(38-57-47-46(52)45(51)44(50)41(59-47)39-60(53,54)55)58-43(49)36-34-32-30-28-26-23-16-14-12-10-8-6-4-2/h5-8,10-14,16-18,20-21,23-26,28-31,40-41,44-47,50-52H,3-4,9,15,19,22,27,32-39H2,1-2H3,(H,53,54,55)/b7-5+,8-6+,12-10+,13-11+,16-14+,18-17+,21-20+,25-24+,26-23+,30-28+,31-29+/t40?,41-,44-,45?,46?,47+/m1/s1. The smallest absolute Gasteiger partial charge is 0.306 e. The number of aliphatic hydroxyl groups is 3. The Morgan fingerprint density at radius 1 is 0.583 bits per heavy atom. The number of hydrogen-bond donors (Lipinski definition) is 4. The second-order valence-corrected chi connectivity index (χ2v) is 15.2. The van der Waals surface area contributed by atoms with Gasteiger partial charge in [-0.2, -0.15) is 8.42 Å². The van der Waals surface area contributed by atoms with Crippen LogP contribution in [0.3, 0.4) is 0 Å². The molecule has 1 aliphatic rings. The number of aliphatic hydroxyl groups excluding tert-OH is 3. The van der Waals surface area contributed by atoms with Crippen molar-refractivity contribution in [1.82, 2.24) is 0 Å². The molecule has 4 N–H and O–H groups in total. The van der Waals surface area contributed by atoms with Gasteiger partial charge in [-0.05, 0) is 64.2 Å². The van der Waals surface area contributed by atoms with Gasteiger partial charge in [0.15, 0.2) is 12.4 Å². The molecule has 0 radical (unpaired) electrons. The van der Waals surface area contributed by atoms with Crippen LogP contribution in [0, 0.1) is 0 Å². The maximum Gasteiger partial charge on any atom is 0.306 e. The molecule has 12 nitrogen and oxygen atoms in total. The molecule has 334 valence electrons. The van der Waals surface area contributed by atoms with Gasteiger partial charge in [0, 0.05) is 12.8 Å². The predicted octanol–water partition coefficient (Wildman–Crippen LogP) is 7.99. The van der Waals surface area contributed by atoms with Crippen molar-refractivity contribution in [3.05, 3.63) is 134 Å². The van der Waals surface area contributed by atoms with Gasteiger partial charge in [0.2, 0.25) is 0 Å². The van der Waals surface area contributed by atoms with E-state index in [-0.39, 0.29) is 19.4 Å². The maximum atomic E-state index is 12.7. The molecule has 0 bridgehead atoms. The largest absolute Gasteiger partial charge is 0.462 e. The van der Waals surface area contributed by atoms with E-state index >= 15 is 0 Å². The number of esters is 2. The zero-order chi connectivity index (χ0) is 44.1. The highest BCUT2D eigenvalue weighted by atomic mass is 32.2.